The molecule has 3 N–H and O–H groups in total. The van der Waals surface area contributed by atoms with E-state index in [4.69, 9.17) is 10.6 Å². The van der Waals surface area contributed by atoms with Crippen LogP contribution in [0.25, 0.3) is 0 Å². The molecule has 0 aliphatic carbocycles. The minimum absolute atomic E-state index is 0.256. The van der Waals surface area contributed by atoms with Crippen LogP contribution in [0.2, 0.25) is 0 Å². The van der Waals surface area contributed by atoms with Crippen LogP contribution in [0.5, 0.6) is 0 Å². The minimum atomic E-state index is 0.256. The highest BCUT2D eigenvalue weighted by Crippen LogP contribution is 2.27. The summed E-state index contributed by atoms with van der Waals surface area (Å²) >= 11 is 0. The van der Waals surface area contributed by atoms with Gasteiger partial charge in [-0.2, -0.15) is 0 Å². The van der Waals surface area contributed by atoms with Crippen LogP contribution in [0.4, 0.5) is 0 Å². The van der Waals surface area contributed by atoms with Crippen molar-refractivity contribution in [3.63, 3.8) is 0 Å². The maximum absolute atomic E-state index is 6.03. The smallest absolute Gasteiger partial charge is 0.0868 e. The molecule has 4 nitrogen and oxygen atoms in total. The fourth-order valence-electron chi connectivity index (χ4n) is 3.05. The topological polar surface area (TPSA) is 50.5 Å². The van der Waals surface area contributed by atoms with Gasteiger partial charge in [0, 0.05) is 18.6 Å². The zero-order valence-electron chi connectivity index (χ0n) is 12.1. The van der Waals surface area contributed by atoms with Crippen LogP contribution in [0.3, 0.4) is 0 Å². The van der Waals surface area contributed by atoms with Gasteiger partial charge < -0.3 is 4.74 Å². The lowest BCUT2D eigenvalue weighted by atomic mass is 9.87. The van der Waals surface area contributed by atoms with E-state index >= 15 is 0 Å². The number of hydrogen-bond acceptors (Lipinski definition) is 4. The summed E-state index contributed by atoms with van der Waals surface area (Å²) in [4.78, 5) is 2.58. The molecule has 2 fully saturated rings. The summed E-state index contributed by atoms with van der Waals surface area (Å²) in [6.45, 7) is 10.00. The van der Waals surface area contributed by atoms with Crippen molar-refractivity contribution in [2.75, 3.05) is 19.7 Å². The number of nitrogens with zero attached hydrogens (tertiary/aromatic N) is 1. The lowest BCUT2D eigenvalue weighted by molar-refractivity contribution is -0.0667. The average Bonchev–Trinajstić information content (AvgIpc) is 2.75. The molecule has 2 aliphatic heterocycles. The van der Waals surface area contributed by atoms with Gasteiger partial charge in [-0.15, -0.1) is 0 Å². The maximum Gasteiger partial charge on any atom is 0.0868 e. The number of hydrogen-bond donors (Lipinski definition) is 2. The molecule has 2 rings (SSSR count). The number of ether oxygens (including phenoxy) is 1. The van der Waals surface area contributed by atoms with E-state index in [9.17, 15) is 0 Å². The second kappa shape index (κ2) is 5.87. The van der Waals surface area contributed by atoms with E-state index < -0.39 is 0 Å². The first kappa shape index (κ1) is 14.3. The van der Waals surface area contributed by atoms with Gasteiger partial charge in [-0.25, -0.2) is 0 Å². The molecule has 2 aliphatic rings. The van der Waals surface area contributed by atoms with E-state index in [1.54, 1.807) is 0 Å². The highest BCUT2D eigenvalue weighted by Gasteiger charge is 2.35. The Morgan fingerprint density at radius 2 is 2.22 bits per heavy atom. The predicted octanol–water partition coefficient (Wildman–Crippen LogP) is 1.51. The van der Waals surface area contributed by atoms with Gasteiger partial charge >= 0.3 is 0 Å². The number of nitrogens with two attached hydrogens (primary N) is 1. The Kier molecular flexibility index (Phi) is 4.64. The van der Waals surface area contributed by atoms with Crippen LogP contribution < -0.4 is 11.3 Å². The number of hydrazine groups is 1. The summed E-state index contributed by atoms with van der Waals surface area (Å²) in [5, 5.41) is 0. The SMILES string of the molecule is CC(C)(C)CCC(NN)C1CN2CCCC2CO1. The Hall–Kier alpha value is -0.160. The van der Waals surface area contributed by atoms with Crippen LogP contribution in [0, 0.1) is 5.41 Å². The Labute approximate surface area is 111 Å². The second-order valence-corrected chi connectivity index (χ2v) is 7.04. The third-order valence-electron chi connectivity index (χ3n) is 4.28. The zero-order valence-corrected chi connectivity index (χ0v) is 12.1. The molecule has 4 heteroatoms. The van der Waals surface area contributed by atoms with E-state index in [0.29, 0.717) is 11.5 Å². The van der Waals surface area contributed by atoms with Crippen LogP contribution in [0.15, 0.2) is 0 Å². The molecule has 0 radical (unpaired) electrons. The van der Waals surface area contributed by atoms with Gasteiger partial charge in [0.05, 0.1) is 12.7 Å². The fourth-order valence-corrected chi connectivity index (χ4v) is 3.05. The molecule has 3 atom stereocenters. The molecule has 2 saturated heterocycles. The van der Waals surface area contributed by atoms with Gasteiger partial charge in [-0.3, -0.25) is 16.2 Å². The summed E-state index contributed by atoms with van der Waals surface area (Å²) in [5.74, 6) is 5.72. The third kappa shape index (κ3) is 3.67. The standard InChI is InChI=1S/C14H29N3O/c1-14(2,3)7-6-12(16-15)13-9-17-8-4-5-11(17)10-18-13/h11-13,16H,4-10,15H2,1-3H3. The van der Waals surface area contributed by atoms with Crippen molar-refractivity contribution >= 4 is 0 Å². The average molecular weight is 255 g/mol. The number of rotatable bonds is 4. The van der Waals surface area contributed by atoms with Gasteiger partial charge in [-0.05, 0) is 37.6 Å². The quantitative estimate of drug-likeness (QED) is 0.590. The molecule has 0 saturated carbocycles. The van der Waals surface area contributed by atoms with Crippen LogP contribution in [0.1, 0.15) is 46.5 Å². The summed E-state index contributed by atoms with van der Waals surface area (Å²) in [7, 11) is 0. The summed E-state index contributed by atoms with van der Waals surface area (Å²) < 4.78 is 6.03. The van der Waals surface area contributed by atoms with Gasteiger partial charge in [0.1, 0.15) is 0 Å². The number of morpholine rings is 1. The molecule has 0 aromatic rings. The van der Waals surface area contributed by atoms with Crippen molar-refractivity contribution < 1.29 is 4.74 Å². The van der Waals surface area contributed by atoms with Crippen LogP contribution in [-0.4, -0.2) is 42.8 Å². The molecule has 18 heavy (non-hydrogen) atoms. The lowest BCUT2D eigenvalue weighted by Crippen LogP contribution is -2.55. The lowest BCUT2D eigenvalue weighted by Gasteiger charge is -2.39. The van der Waals surface area contributed by atoms with E-state index in [-0.39, 0.29) is 12.1 Å². The van der Waals surface area contributed by atoms with E-state index in [0.717, 1.165) is 19.6 Å². The summed E-state index contributed by atoms with van der Waals surface area (Å²) in [6, 6.07) is 0.952. The van der Waals surface area contributed by atoms with Crippen molar-refractivity contribution in [1.29, 1.82) is 0 Å². The van der Waals surface area contributed by atoms with Crippen molar-refractivity contribution in [2.45, 2.75) is 64.6 Å². The Balaban J connectivity index is 1.84. The summed E-state index contributed by atoms with van der Waals surface area (Å²) in [6.07, 6.45) is 5.14. The monoisotopic (exact) mass is 255 g/mol. The van der Waals surface area contributed by atoms with Crippen LogP contribution in [-0.2, 0) is 4.74 Å². The van der Waals surface area contributed by atoms with Crippen molar-refractivity contribution in [3.8, 4) is 0 Å². The first-order valence-electron chi connectivity index (χ1n) is 7.31. The zero-order chi connectivity index (χ0) is 13.2. The molecule has 0 aromatic heterocycles. The highest BCUT2D eigenvalue weighted by molar-refractivity contribution is 4.89. The normalized spacial score (nSPS) is 31.3. The first-order chi connectivity index (χ1) is 8.49. The molecule has 3 unspecified atom stereocenters. The molecule has 0 aromatic carbocycles. The van der Waals surface area contributed by atoms with E-state index in [1.807, 2.05) is 0 Å². The highest BCUT2D eigenvalue weighted by atomic mass is 16.5. The Morgan fingerprint density at radius 3 is 2.89 bits per heavy atom. The molecule has 0 amide bonds. The van der Waals surface area contributed by atoms with Crippen molar-refractivity contribution in [1.82, 2.24) is 10.3 Å². The maximum atomic E-state index is 6.03. The molecule has 106 valence electrons. The van der Waals surface area contributed by atoms with Gasteiger partial charge in [0.15, 0.2) is 0 Å². The predicted molar refractivity (Wildman–Crippen MR) is 74.1 cm³/mol. The molecular formula is C14H29N3O. The minimum Gasteiger partial charge on any atom is -0.374 e. The van der Waals surface area contributed by atoms with E-state index in [1.165, 1.54) is 25.8 Å². The number of nitrogens with one attached hydrogen (secondary N) is 1. The number of fused-ring (bicyclic) bond motifs is 1. The van der Waals surface area contributed by atoms with Gasteiger partial charge in [-0.1, -0.05) is 20.8 Å². The Bertz CT molecular complexity index is 264. The molecule has 2 heterocycles. The first-order valence-corrected chi connectivity index (χ1v) is 7.31. The summed E-state index contributed by atoms with van der Waals surface area (Å²) in [5.41, 5.74) is 3.33. The van der Waals surface area contributed by atoms with Crippen LogP contribution >= 0.6 is 0 Å². The Morgan fingerprint density at radius 1 is 1.44 bits per heavy atom. The largest absolute Gasteiger partial charge is 0.374 e. The van der Waals surface area contributed by atoms with Gasteiger partial charge in [0.25, 0.3) is 0 Å². The molecule has 0 spiro atoms. The second-order valence-electron chi connectivity index (χ2n) is 7.04. The molecule has 0 bridgehead atoms. The molecular weight excluding hydrogens is 226 g/mol. The van der Waals surface area contributed by atoms with E-state index in [2.05, 4.69) is 31.1 Å². The van der Waals surface area contributed by atoms with Crippen molar-refractivity contribution in [3.05, 3.63) is 0 Å². The van der Waals surface area contributed by atoms with Crippen molar-refractivity contribution in [2.24, 2.45) is 11.3 Å². The fraction of sp³-hybridized carbons (Fsp3) is 1.00. The third-order valence-corrected chi connectivity index (χ3v) is 4.28. The van der Waals surface area contributed by atoms with Gasteiger partial charge in [0.2, 0.25) is 0 Å².